The van der Waals surface area contributed by atoms with E-state index < -0.39 is 0 Å². The highest BCUT2D eigenvalue weighted by Crippen LogP contribution is 2.10. The second kappa shape index (κ2) is 4.29. The number of aliphatic imine (C=N–C) groups is 1. The van der Waals surface area contributed by atoms with Gasteiger partial charge in [0.2, 0.25) is 0 Å². The van der Waals surface area contributed by atoms with E-state index in [1.165, 1.54) is 12.1 Å². The van der Waals surface area contributed by atoms with Crippen molar-refractivity contribution in [2.45, 2.75) is 13.5 Å². The van der Waals surface area contributed by atoms with Crippen molar-refractivity contribution in [3.8, 4) is 0 Å². The molecule has 0 saturated carbocycles. The summed E-state index contributed by atoms with van der Waals surface area (Å²) in [7, 11) is 0. The van der Waals surface area contributed by atoms with E-state index in [-0.39, 0.29) is 5.82 Å². The number of nitrogens with zero attached hydrogens (tertiary/aromatic N) is 1. The lowest BCUT2D eigenvalue weighted by molar-refractivity contribution is 0.331. The lowest BCUT2D eigenvalue weighted by atomic mass is 10.1. The Morgan fingerprint density at radius 3 is 3.13 bits per heavy atom. The predicted octanol–water partition coefficient (Wildman–Crippen LogP) is 1.61. The highest BCUT2D eigenvalue weighted by atomic mass is 19.1. The Bertz CT molecular complexity index is 390. The number of rotatable bonds is 2. The summed E-state index contributed by atoms with van der Waals surface area (Å²) in [5.74, 6) is -0.216. The molecule has 80 valence electrons. The molecule has 1 aromatic carbocycles. The zero-order chi connectivity index (χ0) is 10.7. The molecule has 0 fully saturated rings. The first-order chi connectivity index (χ1) is 7.25. The summed E-state index contributed by atoms with van der Waals surface area (Å²) >= 11 is 0. The SMILES string of the molecule is Cc1ccc(F)cc1CNC1=NCCO1. The van der Waals surface area contributed by atoms with Gasteiger partial charge in [0.05, 0.1) is 6.54 Å². The largest absolute Gasteiger partial charge is 0.463 e. The number of ether oxygens (including phenoxy) is 1. The molecule has 0 radical (unpaired) electrons. The van der Waals surface area contributed by atoms with Gasteiger partial charge in [-0.3, -0.25) is 0 Å². The minimum Gasteiger partial charge on any atom is -0.463 e. The van der Waals surface area contributed by atoms with Crippen LogP contribution in [0.4, 0.5) is 4.39 Å². The van der Waals surface area contributed by atoms with Gasteiger partial charge in [0.15, 0.2) is 0 Å². The van der Waals surface area contributed by atoms with E-state index in [0.717, 1.165) is 11.1 Å². The van der Waals surface area contributed by atoms with Crippen molar-refractivity contribution in [2.75, 3.05) is 13.2 Å². The Labute approximate surface area is 88.0 Å². The van der Waals surface area contributed by atoms with E-state index in [1.807, 2.05) is 6.92 Å². The zero-order valence-electron chi connectivity index (χ0n) is 8.59. The monoisotopic (exact) mass is 208 g/mol. The lowest BCUT2D eigenvalue weighted by Crippen LogP contribution is -2.23. The summed E-state index contributed by atoms with van der Waals surface area (Å²) in [5, 5.41) is 3.03. The quantitative estimate of drug-likeness (QED) is 0.801. The van der Waals surface area contributed by atoms with Gasteiger partial charge >= 0.3 is 0 Å². The van der Waals surface area contributed by atoms with Gasteiger partial charge < -0.3 is 10.1 Å². The summed E-state index contributed by atoms with van der Waals surface area (Å²) < 4.78 is 18.1. The first-order valence-electron chi connectivity index (χ1n) is 4.92. The first-order valence-corrected chi connectivity index (χ1v) is 4.92. The maximum Gasteiger partial charge on any atom is 0.285 e. The van der Waals surface area contributed by atoms with Crippen molar-refractivity contribution in [3.05, 3.63) is 35.1 Å². The molecule has 0 saturated heterocycles. The van der Waals surface area contributed by atoms with Crippen LogP contribution in [0.2, 0.25) is 0 Å². The average molecular weight is 208 g/mol. The van der Waals surface area contributed by atoms with Crippen molar-refractivity contribution < 1.29 is 9.13 Å². The average Bonchev–Trinajstić information content (AvgIpc) is 2.72. The minimum atomic E-state index is -0.216. The van der Waals surface area contributed by atoms with Gasteiger partial charge in [0.25, 0.3) is 6.02 Å². The summed E-state index contributed by atoms with van der Waals surface area (Å²) in [4.78, 5) is 4.09. The summed E-state index contributed by atoms with van der Waals surface area (Å²) in [6.45, 7) is 3.82. The number of aryl methyl sites for hydroxylation is 1. The Kier molecular flexibility index (Phi) is 2.85. The second-order valence-corrected chi connectivity index (χ2v) is 3.46. The number of nitrogens with one attached hydrogen (secondary N) is 1. The fourth-order valence-electron chi connectivity index (χ4n) is 1.44. The Morgan fingerprint density at radius 1 is 1.53 bits per heavy atom. The zero-order valence-corrected chi connectivity index (χ0v) is 8.59. The molecule has 0 spiro atoms. The van der Waals surface area contributed by atoms with E-state index in [9.17, 15) is 4.39 Å². The maximum atomic E-state index is 13.0. The molecule has 1 N–H and O–H groups in total. The van der Waals surface area contributed by atoms with Crippen LogP contribution in [0.1, 0.15) is 11.1 Å². The molecule has 0 aromatic heterocycles. The van der Waals surface area contributed by atoms with Crippen LogP contribution in [0.5, 0.6) is 0 Å². The molecule has 0 atom stereocenters. The van der Waals surface area contributed by atoms with Gasteiger partial charge in [-0.15, -0.1) is 0 Å². The fraction of sp³-hybridized carbons (Fsp3) is 0.364. The second-order valence-electron chi connectivity index (χ2n) is 3.46. The molecular weight excluding hydrogens is 195 g/mol. The van der Waals surface area contributed by atoms with Crippen molar-refractivity contribution in [1.82, 2.24) is 5.32 Å². The number of hydrogen-bond acceptors (Lipinski definition) is 3. The molecule has 0 amide bonds. The first kappa shape index (κ1) is 9.96. The Morgan fingerprint density at radius 2 is 2.40 bits per heavy atom. The standard InChI is InChI=1S/C11H13FN2O/c1-8-2-3-10(12)6-9(8)7-14-11-13-4-5-15-11/h2-3,6H,4-5,7H2,1H3,(H,13,14). The summed E-state index contributed by atoms with van der Waals surface area (Å²) in [6, 6.07) is 5.31. The van der Waals surface area contributed by atoms with Crippen LogP contribution in [0.25, 0.3) is 0 Å². The molecule has 0 aliphatic carbocycles. The molecule has 1 aliphatic heterocycles. The highest BCUT2D eigenvalue weighted by Gasteiger charge is 2.07. The number of amidine groups is 1. The van der Waals surface area contributed by atoms with E-state index in [4.69, 9.17) is 4.74 Å². The molecule has 0 bridgehead atoms. The van der Waals surface area contributed by atoms with Gasteiger partial charge in [-0.2, -0.15) is 0 Å². The van der Waals surface area contributed by atoms with Gasteiger partial charge in [0, 0.05) is 6.54 Å². The van der Waals surface area contributed by atoms with Crippen molar-refractivity contribution in [2.24, 2.45) is 4.99 Å². The number of hydrogen-bond donors (Lipinski definition) is 1. The van der Waals surface area contributed by atoms with Gasteiger partial charge in [-0.05, 0) is 30.2 Å². The van der Waals surface area contributed by atoms with Crippen molar-refractivity contribution in [3.63, 3.8) is 0 Å². The third kappa shape index (κ3) is 2.46. The fourth-order valence-corrected chi connectivity index (χ4v) is 1.44. The third-order valence-corrected chi connectivity index (χ3v) is 2.33. The van der Waals surface area contributed by atoms with Crippen LogP contribution >= 0.6 is 0 Å². The van der Waals surface area contributed by atoms with Crippen molar-refractivity contribution in [1.29, 1.82) is 0 Å². The summed E-state index contributed by atoms with van der Waals surface area (Å²) in [6.07, 6.45) is 0. The van der Waals surface area contributed by atoms with Gasteiger partial charge in [0.1, 0.15) is 12.4 Å². The molecule has 1 aromatic rings. The van der Waals surface area contributed by atoms with Gasteiger partial charge in [-0.25, -0.2) is 9.38 Å². The lowest BCUT2D eigenvalue weighted by Gasteiger charge is -2.08. The topological polar surface area (TPSA) is 33.6 Å². The van der Waals surface area contributed by atoms with Crippen LogP contribution in [0.3, 0.4) is 0 Å². The van der Waals surface area contributed by atoms with Gasteiger partial charge in [-0.1, -0.05) is 6.07 Å². The molecule has 4 heteroatoms. The number of benzene rings is 1. The van der Waals surface area contributed by atoms with E-state index in [0.29, 0.717) is 25.7 Å². The van der Waals surface area contributed by atoms with Crippen molar-refractivity contribution >= 4 is 6.02 Å². The van der Waals surface area contributed by atoms with E-state index in [2.05, 4.69) is 10.3 Å². The van der Waals surface area contributed by atoms with Crippen LogP contribution in [0.15, 0.2) is 23.2 Å². The molecular formula is C11H13FN2O. The van der Waals surface area contributed by atoms with E-state index >= 15 is 0 Å². The molecule has 15 heavy (non-hydrogen) atoms. The Hall–Kier alpha value is -1.58. The summed E-state index contributed by atoms with van der Waals surface area (Å²) in [5.41, 5.74) is 1.98. The molecule has 2 rings (SSSR count). The number of halogens is 1. The smallest absolute Gasteiger partial charge is 0.285 e. The van der Waals surface area contributed by atoms with Crippen LogP contribution < -0.4 is 5.32 Å². The predicted molar refractivity (Wildman–Crippen MR) is 56.2 cm³/mol. The van der Waals surface area contributed by atoms with Crippen LogP contribution in [-0.4, -0.2) is 19.2 Å². The molecule has 1 aliphatic rings. The highest BCUT2D eigenvalue weighted by molar-refractivity contribution is 5.74. The molecule has 1 heterocycles. The van der Waals surface area contributed by atoms with E-state index in [1.54, 1.807) is 6.07 Å². The normalized spacial score (nSPS) is 14.7. The maximum absolute atomic E-state index is 13.0. The Balaban J connectivity index is 2.00. The minimum absolute atomic E-state index is 0.216. The molecule has 3 nitrogen and oxygen atoms in total. The van der Waals surface area contributed by atoms with Crippen LogP contribution in [0, 0.1) is 12.7 Å². The third-order valence-electron chi connectivity index (χ3n) is 2.33. The molecule has 0 unspecified atom stereocenters. The van der Waals surface area contributed by atoms with Crippen LogP contribution in [-0.2, 0) is 11.3 Å².